The first kappa shape index (κ1) is 17.9. The number of hydrogen-bond acceptors (Lipinski definition) is 5. The number of carbonyl (C=O) groups is 1. The number of sulfone groups is 1. The highest BCUT2D eigenvalue weighted by Crippen LogP contribution is 2.21. The van der Waals surface area contributed by atoms with Crippen LogP contribution in [0.1, 0.15) is 24.0 Å². The van der Waals surface area contributed by atoms with Crippen molar-refractivity contribution in [2.75, 3.05) is 37.7 Å². The first-order valence-electron chi connectivity index (χ1n) is 8.67. The molecule has 0 saturated carbocycles. The molecule has 3 rings (SSSR count). The van der Waals surface area contributed by atoms with Gasteiger partial charge in [-0.15, -0.1) is 0 Å². The van der Waals surface area contributed by atoms with E-state index in [0.29, 0.717) is 25.1 Å². The van der Waals surface area contributed by atoms with Crippen LogP contribution >= 0.6 is 0 Å². The van der Waals surface area contributed by atoms with Gasteiger partial charge in [0.15, 0.2) is 9.84 Å². The maximum absolute atomic E-state index is 12.6. The van der Waals surface area contributed by atoms with Crippen molar-refractivity contribution in [3.63, 3.8) is 0 Å². The molecule has 2 heterocycles. The molecule has 1 atom stereocenters. The van der Waals surface area contributed by atoms with E-state index in [1.54, 1.807) is 0 Å². The summed E-state index contributed by atoms with van der Waals surface area (Å²) >= 11 is 0. The zero-order valence-corrected chi connectivity index (χ0v) is 15.0. The van der Waals surface area contributed by atoms with E-state index in [9.17, 15) is 13.2 Å². The lowest BCUT2D eigenvalue weighted by Crippen LogP contribution is -2.39. The van der Waals surface area contributed by atoms with Crippen molar-refractivity contribution in [1.82, 2.24) is 9.80 Å². The molecular formula is C18H23N3O3S. The van der Waals surface area contributed by atoms with Crippen molar-refractivity contribution in [3.8, 4) is 6.07 Å². The lowest BCUT2D eigenvalue weighted by atomic mass is 10.1. The van der Waals surface area contributed by atoms with E-state index >= 15 is 0 Å². The monoisotopic (exact) mass is 361 g/mol. The van der Waals surface area contributed by atoms with E-state index in [0.717, 1.165) is 31.6 Å². The summed E-state index contributed by atoms with van der Waals surface area (Å²) in [5, 5.41) is 8.86. The molecule has 0 aliphatic carbocycles. The fourth-order valence-electron chi connectivity index (χ4n) is 3.54. The van der Waals surface area contributed by atoms with Crippen LogP contribution in [0.4, 0.5) is 0 Å². The Morgan fingerprint density at radius 3 is 2.56 bits per heavy atom. The molecule has 7 heteroatoms. The van der Waals surface area contributed by atoms with Gasteiger partial charge < -0.3 is 4.90 Å². The fraction of sp³-hybridized carbons (Fsp3) is 0.556. The molecule has 1 aromatic carbocycles. The smallest absolute Gasteiger partial charge is 0.226 e. The SMILES string of the molecule is N#Cc1ccc(CN2CCCN(C(=O)C3CCS(=O)(=O)C3)CC2)cc1. The molecule has 134 valence electrons. The van der Waals surface area contributed by atoms with Crippen LogP contribution in [0.3, 0.4) is 0 Å². The number of amides is 1. The number of carbonyl (C=O) groups excluding carboxylic acids is 1. The van der Waals surface area contributed by atoms with E-state index in [1.807, 2.05) is 29.2 Å². The van der Waals surface area contributed by atoms with Crippen molar-refractivity contribution < 1.29 is 13.2 Å². The molecule has 0 N–H and O–H groups in total. The molecule has 0 radical (unpaired) electrons. The summed E-state index contributed by atoms with van der Waals surface area (Å²) in [7, 11) is -3.03. The maximum atomic E-state index is 12.6. The molecule has 2 saturated heterocycles. The summed E-state index contributed by atoms with van der Waals surface area (Å²) in [4.78, 5) is 16.7. The molecule has 0 aromatic heterocycles. The average Bonchev–Trinajstić information content (AvgIpc) is 2.81. The van der Waals surface area contributed by atoms with Gasteiger partial charge in [-0.2, -0.15) is 5.26 Å². The Labute approximate surface area is 148 Å². The second-order valence-electron chi connectivity index (χ2n) is 6.86. The first-order chi connectivity index (χ1) is 12.0. The third-order valence-electron chi connectivity index (χ3n) is 4.97. The molecule has 2 aliphatic heterocycles. The van der Waals surface area contributed by atoms with Gasteiger partial charge in [-0.25, -0.2) is 8.42 Å². The summed E-state index contributed by atoms with van der Waals surface area (Å²) in [5.41, 5.74) is 1.81. The standard InChI is InChI=1S/C18H23N3O3S/c19-12-15-2-4-16(5-3-15)13-20-7-1-8-21(10-9-20)18(22)17-6-11-25(23,24)14-17/h2-5,17H,1,6-11,13-14H2. The van der Waals surface area contributed by atoms with Gasteiger partial charge in [0.05, 0.1) is 29.1 Å². The van der Waals surface area contributed by atoms with E-state index in [-0.39, 0.29) is 23.3 Å². The Kier molecular flexibility index (Phi) is 5.40. The molecule has 2 aliphatic rings. The highest BCUT2D eigenvalue weighted by molar-refractivity contribution is 7.91. The van der Waals surface area contributed by atoms with Gasteiger partial charge in [-0.1, -0.05) is 12.1 Å². The first-order valence-corrected chi connectivity index (χ1v) is 10.5. The Balaban J connectivity index is 1.55. The number of hydrogen-bond donors (Lipinski definition) is 0. The third kappa shape index (κ3) is 4.59. The molecular weight excluding hydrogens is 338 g/mol. The summed E-state index contributed by atoms with van der Waals surface area (Å²) in [6, 6.07) is 9.70. The average molecular weight is 361 g/mol. The lowest BCUT2D eigenvalue weighted by molar-refractivity contribution is -0.134. The number of rotatable bonds is 3. The molecule has 0 bridgehead atoms. The molecule has 1 amide bonds. The topological polar surface area (TPSA) is 81.5 Å². The van der Waals surface area contributed by atoms with Crippen molar-refractivity contribution in [2.24, 2.45) is 5.92 Å². The lowest BCUT2D eigenvalue weighted by Gasteiger charge is -2.24. The predicted molar refractivity (Wildman–Crippen MR) is 94.4 cm³/mol. The van der Waals surface area contributed by atoms with Gasteiger partial charge in [0, 0.05) is 32.7 Å². The predicted octanol–water partition coefficient (Wildman–Crippen LogP) is 1.03. The van der Waals surface area contributed by atoms with E-state index < -0.39 is 9.84 Å². The van der Waals surface area contributed by atoms with Gasteiger partial charge in [-0.05, 0) is 30.5 Å². The Hall–Kier alpha value is -1.91. The minimum absolute atomic E-state index is 0.00120. The van der Waals surface area contributed by atoms with Crippen molar-refractivity contribution in [1.29, 1.82) is 5.26 Å². The summed E-state index contributed by atoms with van der Waals surface area (Å²) in [6.45, 7) is 3.83. The number of benzene rings is 1. The summed E-state index contributed by atoms with van der Waals surface area (Å²) in [6.07, 6.45) is 1.36. The maximum Gasteiger partial charge on any atom is 0.226 e. The Bertz CT molecular complexity index is 768. The molecule has 1 aromatic rings. The summed E-state index contributed by atoms with van der Waals surface area (Å²) < 4.78 is 23.2. The highest BCUT2D eigenvalue weighted by atomic mass is 32.2. The van der Waals surface area contributed by atoms with Crippen LogP contribution < -0.4 is 0 Å². The molecule has 25 heavy (non-hydrogen) atoms. The van der Waals surface area contributed by atoms with Crippen LogP contribution in [-0.4, -0.2) is 61.8 Å². The van der Waals surface area contributed by atoms with Crippen LogP contribution in [0.5, 0.6) is 0 Å². The Morgan fingerprint density at radius 2 is 1.92 bits per heavy atom. The van der Waals surface area contributed by atoms with Gasteiger partial charge >= 0.3 is 0 Å². The quantitative estimate of drug-likeness (QED) is 0.803. The zero-order valence-electron chi connectivity index (χ0n) is 14.2. The van der Waals surface area contributed by atoms with E-state index in [2.05, 4.69) is 11.0 Å². The Morgan fingerprint density at radius 1 is 1.16 bits per heavy atom. The van der Waals surface area contributed by atoms with E-state index in [4.69, 9.17) is 5.26 Å². The molecule has 0 spiro atoms. The fourth-order valence-corrected chi connectivity index (χ4v) is 5.27. The third-order valence-corrected chi connectivity index (χ3v) is 6.74. The zero-order chi connectivity index (χ0) is 17.9. The highest BCUT2D eigenvalue weighted by Gasteiger charge is 2.35. The van der Waals surface area contributed by atoms with Crippen LogP contribution in [0.25, 0.3) is 0 Å². The molecule has 6 nitrogen and oxygen atoms in total. The van der Waals surface area contributed by atoms with Crippen molar-refractivity contribution in [2.45, 2.75) is 19.4 Å². The number of nitriles is 1. The van der Waals surface area contributed by atoms with Gasteiger partial charge in [0.1, 0.15) is 0 Å². The minimum Gasteiger partial charge on any atom is -0.341 e. The second kappa shape index (κ2) is 7.54. The van der Waals surface area contributed by atoms with Gasteiger partial charge in [0.2, 0.25) is 5.91 Å². The minimum atomic E-state index is -3.03. The van der Waals surface area contributed by atoms with Gasteiger partial charge in [-0.3, -0.25) is 9.69 Å². The molecule has 1 unspecified atom stereocenters. The van der Waals surface area contributed by atoms with E-state index in [1.165, 1.54) is 0 Å². The van der Waals surface area contributed by atoms with Crippen LogP contribution in [0.15, 0.2) is 24.3 Å². The van der Waals surface area contributed by atoms with Crippen molar-refractivity contribution >= 4 is 15.7 Å². The second-order valence-corrected chi connectivity index (χ2v) is 9.09. The van der Waals surface area contributed by atoms with Crippen molar-refractivity contribution in [3.05, 3.63) is 35.4 Å². The largest absolute Gasteiger partial charge is 0.341 e. The summed E-state index contributed by atoms with van der Waals surface area (Å²) in [5.74, 6) is -0.198. The molecule has 2 fully saturated rings. The normalized spacial score (nSPS) is 23.8. The number of nitrogens with zero attached hydrogens (tertiary/aromatic N) is 3. The van der Waals surface area contributed by atoms with Crippen LogP contribution in [-0.2, 0) is 21.2 Å². The van der Waals surface area contributed by atoms with Crippen LogP contribution in [0.2, 0.25) is 0 Å². The van der Waals surface area contributed by atoms with Gasteiger partial charge in [0.25, 0.3) is 0 Å². The van der Waals surface area contributed by atoms with Crippen LogP contribution in [0, 0.1) is 17.2 Å².